The van der Waals surface area contributed by atoms with Crippen LogP contribution in [0.3, 0.4) is 0 Å². The number of carbonyl (C=O) groups is 4. The molecule has 306 valence electrons. The zero-order valence-corrected chi connectivity index (χ0v) is 34.1. The fraction of sp³-hybridized carbons (Fsp3) is 0.571. The number of fused-ring (bicyclic) bond motifs is 1. The molecule has 2 aliphatic heterocycles. The fourth-order valence-electron chi connectivity index (χ4n) is 6.01. The summed E-state index contributed by atoms with van der Waals surface area (Å²) in [5, 5.41) is 8.57. The van der Waals surface area contributed by atoms with Crippen molar-refractivity contribution >= 4 is 62.1 Å². The number of thiazole rings is 1. The Morgan fingerprint density at radius 2 is 1.77 bits per heavy atom. The molecule has 21 heteroatoms. The van der Waals surface area contributed by atoms with E-state index in [1.54, 1.807) is 44.0 Å². The first kappa shape index (κ1) is 42.3. The lowest BCUT2D eigenvalue weighted by atomic mass is 9.74. The largest absolute Gasteiger partial charge is 0.488 e. The molecule has 3 aromatic rings. The van der Waals surface area contributed by atoms with Gasteiger partial charge in [0.15, 0.2) is 23.2 Å². The van der Waals surface area contributed by atoms with Crippen molar-refractivity contribution < 1.29 is 55.5 Å². The van der Waals surface area contributed by atoms with Crippen LogP contribution in [0.5, 0.6) is 5.75 Å². The van der Waals surface area contributed by atoms with Gasteiger partial charge in [0.25, 0.3) is 5.91 Å². The summed E-state index contributed by atoms with van der Waals surface area (Å²) in [6, 6.07) is 3.55. The maximum Gasteiger partial charge on any atom is 0.418 e. The Bertz CT molecular complexity index is 2100. The molecule has 0 bridgehead atoms. The number of nitrogens with zero attached hydrogens (tertiary/aromatic N) is 6. The number of likely N-dealkylation sites (tertiary alicyclic amines) is 1. The quantitative estimate of drug-likeness (QED) is 0.0762. The number of pyridine rings is 1. The average Bonchev–Trinajstić information content (AvgIpc) is 3.72. The number of carbonyl (C=O) groups excluding carboxylic acids is 4. The number of ketones is 1. The Morgan fingerprint density at radius 1 is 1.05 bits per heavy atom. The third-order valence-corrected chi connectivity index (χ3v) is 9.68. The van der Waals surface area contributed by atoms with Crippen LogP contribution in [0.2, 0.25) is 0 Å². The van der Waals surface area contributed by atoms with Crippen LogP contribution in [-0.2, 0) is 38.6 Å². The van der Waals surface area contributed by atoms with Crippen molar-refractivity contribution in [3.63, 3.8) is 0 Å². The number of imidazole rings is 1. The second kappa shape index (κ2) is 16.3. The van der Waals surface area contributed by atoms with Gasteiger partial charge in [-0.3, -0.25) is 19.5 Å². The van der Waals surface area contributed by atoms with Crippen molar-refractivity contribution in [2.75, 3.05) is 31.6 Å². The summed E-state index contributed by atoms with van der Waals surface area (Å²) >= 11 is 0.995. The number of Topliss-reactive ketones (excluding diaryl/α,β-unsaturated/α-hetero) is 1. The van der Waals surface area contributed by atoms with Crippen molar-refractivity contribution in [2.24, 2.45) is 11.1 Å². The minimum Gasteiger partial charge on any atom is -0.488 e. The summed E-state index contributed by atoms with van der Waals surface area (Å²) < 4.78 is 54.5. The molecule has 0 radical (unpaired) electrons. The highest BCUT2D eigenvalue weighted by atomic mass is 32.3. The van der Waals surface area contributed by atoms with Gasteiger partial charge in [0, 0.05) is 37.0 Å². The van der Waals surface area contributed by atoms with E-state index in [-0.39, 0.29) is 41.8 Å². The summed E-state index contributed by atoms with van der Waals surface area (Å²) in [5.41, 5.74) is -1.32. The van der Waals surface area contributed by atoms with Crippen LogP contribution in [0, 0.1) is 5.92 Å². The van der Waals surface area contributed by atoms with E-state index in [2.05, 4.69) is 19.7 Å². The first-order valence-corrected chi connectivity index (χ1v) is 20.0. The minimum absolute atomic E-state index is 0.0180. The van der Waals surface area contributed by atoms with E-state index in [1.165, 1.54) is 19.2 Å². The van der Waals surface area contributed by atoms with E-state index >= 15 is 0 Å². The highest BCUT2D eigenvalue weighted by Crippen LogP contribution is 2.41. The van der Waals surface area contributed by atoms with E-state index in [0.29, 0.717) is 29.5 Å². The summed E-state index contributed by atoms with van der Waals surface area (Å²) in [5.74, 6) is -2.01. The molecule has 3 amide bonds. The molecule has 2 N–H and O–H groups in total. The van der Waals surface area contributed by atoms with Gasteiger partial charge in [-0.2, -0.15) is 13.5 Å². The molecule has 5 heterocycles. The molecule has 19 nitrogen and oxygen atoms in total. The first-order valence-electron chi connectivity index (χ1n) is 17.8. The number of hydrogen-bond acceptors (Lipinski definition) is 15. The summed E-state index contributed by atoms with van der Waals surface area (Å²) in [6.07, 6.45) is 3.85. The van der Waals surface area contributed by atoms with Gasteiger partial charge in [-0.15, -0.1) is 15.6 Å². The molecule has 2 aliphatic rings. The molecule has 3 aromatic heterocycles. The molecule has 0 aromatic carbocycles. The molecule has 2 fully saturated rings. The smallest absolute Gasteiger partial charge is 0.418 e. The third-order valence-electron chi connectivity index (χ3n) is 8.58. The Kier molecular flexibility index (Phi) is 12.3. The highest BCUT2D eigenvalue weighted by molar-refractivity contribution is 7.80. The van der Waals surface area contributed by atoms with Crippen molar-refractivity contribution in [2.45, 2.75) is 97.3 Å². The molecular weight excluding hydrogens is 775 g/mol. The van der Waals surface area contributed by atoms with E-state index in [4.69, 9.17) is 28.6 Å². The molecule has 56 heavy (non-hydrogen) atoms. The van der Waals surface area contributed by atoms with Gasteiger partial charge in [0.2, 0.25) is 0 Å². The van der Waals surface area contributed by atoms with Crippen LogP contribution in [0.15, 0.2) is 35.1 Å². The lowest BCUT2D eigenvalue weighted by Gasteiger charge is -2.50. The number of hydroxylamine groups is 2. The molecule has 0 aliphatic carbocycles. The SMILES string of the molecule is CC(C)(C)OC(=O)Nc1nc(/C(=N/OCCOc2ccc3nc(C4CCCN(C(=O)OC(C)(C)C)C4)cn3c2)C(=O)C[C@@H]2C(=O)N(OS(=O)(=O)O)C2(C)C)cs1. The van der Waals surface area contributed by atoms with Gasteiger partial charge in [-0.1, -0.05) is 5.16 Å². The topological polar surface area (TPSA) is 230 Å². The number of oxime groups is 1. The van der Waals surface area contributed by atoms with Crippen molar-refractivity contribution in [3.8, 4) is 5.75 Å². The van der Waals surface area contributed by atoms with E-state index in [0.717, 1.165) is 29.9 Å². The van der Waals surface area contributed by atoms with Gasteiger partial charge in [0.05, 0.1) is 23.3 Å². The Morgan fingerprint density at radius 3 is 2.43 bits per heavy atom. The number of piperidine rings is 1. The standard InChI is InChI=1S/C35H47N7O12S2/c1-33(2,3)52-31(45)38-30-37-25(20-55-30)28(26(43)16-23-29(44)42(35(23,7)8)54-56(47,48)49)39-51-15-14-50-22-11-12-27-36-24(19-41(27)18-22)21-10-9-13-40(17-21)32(46)53-34(4,5)6/h11-12,18-21,23H,9-10,13-17H2,1-8H3,(H,37,38,45)(H,47,48,49)/b39-28-/t21?,23-/m1/s1. The van der Waals surface area contributed by atoms with Crippen molar-refractivity contribution in [1.29, 1.82) is 0 Å². The van der Waals surface area contributed by atoms with Crippen molar-refractivity contribution in [1.82, 2.24) is 24.3 Å². The van der Waals surface area contributed by atoms with Crippen LogP contribution >= 0.6 is 11.3 Å². The van der Waals surface area contributed by atoms with Crippen molar-refractivity contribution in [3.05, 3.63) is 41.3 Å². The normalized spacial score (nSPS) is 19.0. The van der Waals surface area contributed by atoms with Crippen LogP contribution in [-0.4, -0.2) is 110 Å². The predicted molar refractivity (Wildman–Crippen MR) is 202 cm³/mol. The molecule has 2 saturated heterocycles. The fourth-order valence-corrected chi connectivity index (χ4v) is 7.15. The summed E-state index contributed by atoms with van der Waals surface area (Å²) in [4.78, 5) is 67.6. The molecule has 2 atom stereocenters. The second-order valence-corrected chi connectivity index (χ2v) is 17.7. The molecule has 0 spiro atoms. The molecular formula is C35H47N7O12S2. The summed E-state index contributed by atoms with van der Waals surface area (Å²) in [6.45, 7) is 14.6. The average molecular weight is 822 g/mol. The number of ether oxygens (including phenoxy) is 3. The first-order chi connectivity index (χ1) is 26.0. The van der Waals surface area contributed by atoms with Crippen LogP contribution < -0.4 is 10.1 Å². The number of aromatic nitrogens is 3. The Labute approximate surface area is 328 Å². The highest BCUT2D eigenvalue weighted by Gasteiger charge is 2.57. The van der Waals surface area contributed by atoms with Crippen LogP contribution in [0.1, 0.15) is 92.0 Å². The van der Waals surface area contributed by atoms with Crippen LogP contribution in [0.25, 0.3) is 5.65 Å². The van der Waals surface area contributed by atoms with E-state index in [9.17, 15) is 27.6 Å². The second-order valence-electron chi connectivity index (χ2n) is 15.8. The van der Waals surface area contributed by atoms with Gasteiger partial charge >= 0.3 is 22.6 Å². The zero-order valence-electron chi connectivity index (χ0n) is 32.4. The zero-order chi connectivity index (χ0) is 41.2. The number of amides is 3. The van der Waals surface area contributed by atoms with E-state index < -0.39 is 57.3 Å². The minimum atomic E-state index is -4.99. The lowest BCUT2D eigenvalue weighted by molar-refractivity contribution is -0.228. The number of anilines is 1. The van der Waals surface area contributed by atoms with Crippen LogP contribution in [0.4, 0.5) is 14.7 Å². The Hall–Kier alpha value is -4.86. The predicted octanol–water partition coefficient (Wildman–Crippen LogP) is 4.98. The molecule has 1 unspecified atom stereocenters. The molecule has 5 rings (SSSR count). The summed E-state index contributed by atoms with van der Waals surface area (Å²) in [7, 11) is -4.99. The van der Waals surface area contributed by atoms with Gasteiger partial charge < -0.3 is 28.3 Å². The third kappa shape index (κ3) is 10.9. The van der Waals surface area contributed by atoms with Gasteiger partial charge in [-0.25, -0.2) is 19.6 Å². The molecule has 0 saturated carbocycles. The van der Waals surface area contributed by atoms with E-state index in [1.807, 2.05) is 31.4 Å². The number of hydrogen-bond donors (Lipinski definition) is 2. The maximum absolute atomic E-state index is 13.6. The number of nitrogens with one attached hydrogen (secondary N) is 1. The number of rotatable bonds is 13. The number of β-lactam (4-membered cyclic amide) rings is 1. The lowest BCUT2D eigenvalue weighted by Crippen LogP contribution is -2.68. The maximum atomic E-state index is 13.6. The van der Waals surface area contributed by atoms with Gasteiger partial charge in [0.1, 0.15) is 34.9 Å². The van der Waals surface area contributed by atoms with Gasteiger partial charge in [-0.05, 0) is 80.4 Å². The Balaban J connectivity index is 1.23. The monoisotopic (exact) mass is 821 g/mol.